The first-order chi connectivity index (χ1) is 14.1. The van der Waals surface area contributed by atoms with Gasteiger partial charge in [0.25, 0.3) is 5.91 Å². The van der Waals surface area contributed by atoms with E-state index >= 15 is 0 Å². The molecule has 7 nitrogen and oxygen atoms in total. The molecule has 0 radical (unpaired) electrons. The van der Waals surface area contributed by atoms with Crippen LogP contribution in [0.1, 0.15) is 21.9 Å². The van der Waals surface area contributed by atoms with E-state index in [0.29, 0.717) is 28.8 Å². The number of carbonyl (C=O) groups is 1. The number of carbonyl (C=O) groups excluding carboxylic acids is 1. The molecule has 2 aromatic heterocycles. The second kappa shape index (κ2) is 8.28. The molecule has 0 spiro atoms. The van der Waals surface area contributed by atoms with Crippen molar-refractivity contribution in [1.82, 2.24) is 15.5 Å². The zero-order valence-corrected chi connectivity index (χ0v) is 16.3. The lowest BCUT2D eigenvalue weighted by Crippen LogP contribution is -2.23. The van der Waals surface area contributed by atoms with Crippen molar-refractivity contribution in [2.24, 2.45) is 0 Å². The second-order valence-electron chi connectivity index (χ2n) is 6.35. The highest BCUT2D eigenvalue weighted by Crippen LogP contribution is 2.21. The third kappa shape index (κ3) is 4.52. The summed E-state index contributed by atoms with van der Waals surface area (Å²) in [5, 5.41) is 8.27. The zero-order valence-electron chi connectivity index (χ0n) is 15.6. The fourth-order valence-corrected chi connectivity index (χ4v) is 3.04. The Bertz CT molecular complexity index is 1150. The SMILES string of the molecule is COc1cccc(OCc2cc(C(=O)NCc3cc4cc(Cl)ccc4[nH]3)no2)c1. The van der Waals surface area contributed by atoms with Crippen molar-refractivity contribution in [1.29, 1.82) is 0 Å². The van der Waals surface area contributed by atoms with Gasteiger partial charge in [-0.25, -0.2) is 0 Å². The van der Waals surface area contributed by atoms with E-state index in [2.05, 4.69) is 15.5 Å². The first kappa shape index (κ1) is 18.9. The molecule has 2 aromatic carbocycles. The van der Waals surface area contributed by atoms with E-state index in [1.165, 1.54) is 0 Å². The number of nitrogens with one attached hydrogen (secondary N) is 2. The zero-order chi connectivity index (χ0) is 20.2. The molecule has 29 heavy (non-hydrogen) atoms. The monoisotopic (exact) mass is 411 g/mol. The lowest BCUT2D eigenvalue weighted by molar-refractivity contribution is 0.0941. The summed E-state index contributed by atoms with van der Waals surface area (Å²) in [7, 11) is 1.59. The summed E-state index contributed by atoms with van der Waals surface area (Å²) in [4.78, 5) is 15.6. The van der Waals surface area contributed by atoms with Gasteiger partial charge < -0.3 is 24.3 Å². The average molecular weight is 412 g/mol. The number of benzene rings is 2. The van der Waals surface area contributed by atoms with Crippen LogP contribution in [-0.2, 0) is 13.2 Å². The highest BCUT2D eigenvalue weighted by Gasteiger charge is 2.13. The van der Waals surface area contributed by atoms with Crippen LogP contribution >= 0.6 is 11.6 Å². The number of hydrogen-bond donors (Lipinski definition) is 2. The van der Waals surface area contributed by atoms with Gasteiger partial charge in [-0.2, -0.15) is 0 Å². The molecule has 0 unspecified atom stereocenters. The lowest BCUT2D eigenvalue weighted by atomic mass is 10.2. The van der Waals surface area contributed by atoms with Crippen molar-refractivity contribution in [2.45, 2.75) is 13.2 Å². The number of aromatic amines is 1. The Morgan fingerprint density at radius 2 is 2.03 bits per heavy atom. The minimum absolute atomic E-state index is 0.149. The molecule has 0 aliphatic carbocycles. The molecule has 4 aromatic rings. The van der Waals surface area contributed by atoms with E-state index in [0.717, 1.165) is 16.6 Å². The molecular formula is C21H18ClN3O4. The summed E-state index contributed by atoms with van der Waals surface area (Å²) in [5.74, 6) is 1.43. The normalized spacial score (nSPS) is 10.8. The number of nitrogens with zero attached hydrogens (tertiary/aromatic N) is 1. The third-order valence-electron chi connectivity index (χ3n) is 4.29. The maximum atomic E-state index is 12.3. The Morgan fingerprint density at radius 3 is 2.90 bits per heavy atom. The Labute approximate surface area is 171 Å². The van der Waals surface area contributed by atoms with Gasteiger partial charge in [0.15, 0.2) is 11.5 Å². The third-order valence-corrected chi connectivity index (χ3v) is 4.53. The second-order valence-corrected chi connectivity index (χ2v) is 6.79. The van der Waals surface area contributed by atoms with Gasteiger partial charge in [-0.05, 0) is 36.4 Å². The van der Waals surface area contributed by atoms with Gasteiger partial charge in [-0.15, -0.1) is 0 Å². The predicted octanol–water partition coefficient (Wildman–Crippen LogP) is 4.33. The van der Waals surface area contributed by atoms with E-state index in [1.807, 2.05) is 36.4 Å². The number of aromatic nitrogens is 2. The van der Waals surface area contributed by atoms with Crippen LogP contribution in [0.4, 0.5) is 0 Å². The van der Waals surface area contributed by atoms with Crippen molar-refractivity contribution < 1.29 is 18.8 Å². The molecule has 0 aliphatic rings. The van der Waals surface area contributed by atoms with E-state index in [4.69, 9.17) is 25.6 Å². The Morgan fingerprint density at radius 1 is 1.17 bits per heavy atom. The molecule has 0 saturated carbocycles. The summed E-state index contributed by atoms with van der Waals surface area (Å²) in [5.41, 5.74) is 2.01. The molecule has 2 N–H and O–H groups in total. The number of methoxy groups -OCH3 is 1. The first-order valence-electron chi connectivity index (χ1n) is 8.88. The first-order valence-corrected chi connectivity index (χ1v) is 9.26. The maximum absolute atomic E-state index is 12.3. The molecule has 1 amide bonds. The molecule has 0 bridgehead atoms. The largest absolute Gasteiger partial charge is 0.497 e. The highest BCUT2D eigenvalue weighted by molar-refractivity contribution is 6.31. The number of rotatable bonds is 7. The standard InChI is InChI=1S/C21H18ClN3O4/c1-27-16-3-2-4-17(9-16)28-12-18-10-20(25-29-18)21(26)23-11-15-8-13-7-14(22)5-6-19(13)24-15/h2-10,24H,11-12H2,1H3,(H,23,26). The number of fused-ring (bicyclic) bond motifs is 1. The van der Waals surface area contributed by atoms with Crippen molar-refractivity contribution in [3.05, 3.63) is 76.8 Å². The maximum Gasteiger partial charge on any atom is 0.273 e. The van der Waals surface area contributed by atoms with Crippen molar-refractivity contribution in [3.8, 4) is 11.5 Å². The van der Waals surface area contributed by atoms with Gasteiger partial charge >= 0.3 is 0 Å². The Hall–Kier alpha value is -3.45. The molecule has 0 atom stereocenters. The van der Waals surface area contributed by atoms with E-state index in [1.54, 1.807) is 25.3 Å². The van der Waals surface area contributed by atoms with Crippen molar-refractivity contribution >= 4 is 28.4 Å². The molecule has 0 fully saturated rings. The fraction of sp³-hybridized carbons (Fsp3) is 0.143. The number of H-pyrrole nitrogens is 1. The summed E-state index contributed by atoms with van der Waals surface area (Å²) in [6, 6.07) is 16.3. The number of ether oxygens (including phenoxy) is 2. The van der Waals surface area contributed by atoms with Crippen LogP contribution in [0.5, 0.6) is 11.5 Å². The van der Waals surface area contributed by atoms with Gasteiger partial charge in [0, 0.05) is 33.8 Å². The van der Waals surface area contributed by atoms with E-state index < -0.39 is 0 Å². The van der Waals surface area contributed by atoms with Gasteiger partial charge in [0.2, 0.25) is 0 Å². The van der Waals surface area contributed by atoms with Crippen molar-refractivity contribution in [2.75, 3.05) is 7.11 Å². The summed E-state index contributed by atoms with van der Waals surface area (Å²) >= 11 is 6.00. The lowest BCUT2D eigenvalue weighted by Gasteiger charge is -2.05. The summed E-state index contributed by atoms with van der Waals surface area (Å²) in [6.07, 6.45) is 0. The van der Waals surface area contributed by atoms with Gasteiger partial charge in [0.1, 0.15) is 18.1 Å². The van der Waals surface area contributed by atoms with Gasteiger partial charge in [0.05, 0.1) is 13.7 Å². The smallest absolute Gasteiger partial charge is 0.273 e. The molecular weight excluding hydrogens is 394 g/mol. The molecule has 148 valence electrons. The molecule has 0 saturated heterocycles. The number of amides is 1. The van der Waals surface area contributed by atoms with Crippen LogP contribution in [0.3, 0.4) is 0 Å². The van der Waals surface area contributed by atoms with Crippen LogP contribution in [-0.4, -0.2) is 23.2 Å². The van der Waals surface area contributed by atoms with Crippen LogP contribution in [0.25, 0.3) is 10.9 Å². The van der Waals surface area contributed by atoms with E-state index in [9.17, 15) is 4.79 Å². The Kier molecular flexibility index (Phi) is 5.39. The minimum Gasteiger partial charge on any atom is -0.497 e. The van der Waals surface area contributed by atoms with Crippen LogP contribution < -0.4 is 14.8 Å². The molecule has 0 aliphatic heterocycles. The number of hydrogen-bond acceptors (Lipinski definition) is 5. The topological polar surface area (TPSA) is 89.4 Å². The Balaban J connectivity index is 1.33. The molecule has 4 rings (SSSR count). The average Bonchev–Trinajstić information content (AvgIpc) is 3.37. The predicted molar refractivity (Wildman–Crippen MR) is 108 cm³/mol. The van der Waals surface area contributed by atoms with Crippen LogP contribution in [0.15, 0.2) is 59.1 Å². The van der Waals surface area contributed by atoms with Crippen LogP contribution in [0, 0.1) is 0 Å². The van der Waals surface area contributed by atoms with Crippen molar-refractivity contribution in [3.63, 3.8) is 0 Å². The van der Waals surface area contributed by atoms with Gasteiger partial charge in [-0.3, -0.25) is 4.79 Å². The molecule has 8 heteroatoms. The quantitative estimate of drug-likeness (QED) is 0.472. The molecule has 2 heterocycles. The summed E-state index contributed by atoms with van der Waals surface area (Å²) in [6.45, 7) is 0.476. The number of halogens is 1. The minimum atomic E-state index is -0.335. The van der Waals surface area contributed by atoms with Gasteiger partial charge in [-0.1, -0.05) is 22.8 Å². The fourth-order valence-electron chi connectivity index (χ4n) is 2.86. The van der Waals surface area contributed by atoms with E-state index in [-0.39, 0.29) is 18.2 Å². The summed E-state index contributed by atoms with van der Waals surface area (Å²) < 4.78 is 16.0. The van der Waals surface area contributed by atoms with Crippen LogP contribution in [0.2, 0.25) is 5.02 Å². The highest BCUT2D eigenvalue weighted by atomic mass is 35.5.